The first-order valence-electron chi connectivity index (χ1n) is 6.41. The van der Waals surface area contributed by atoms with E-state index in [4.69, 9.17) is 4.98 Å². The van der Waals surface area contributed by atoms with Crippen molar-refractivity contribution in [1.82, 2.24) is 10.3 Å². The topological polar surface area (TPSA) is 24.9 Å². The molecule has 1 aromatic heterocycles. The second kappa shape index (κ2) is 4.88. The van der Waals surface area contributed by atoms with E-state index in [-0.39, 0.29) is 0 Å². The maximum atomic E-state index is 4.92. The number of benzene rings is 1. The first-order chi connectivity index (χ1) is 9.33. The Morgan fingerprint density at radius 1 is 1.37 bits per heavy atom. The Morgan fingerprint density at radius 3 is 3.16 bits per heavy atom. The van der Waals surface area contributed by atoms with Gasteiger partial charge in [0.15, 0.2) is 0 Å². The average molecular weight is 353 g/mol. The standard InChI is InChI=1S/C14H13BrN2S2/c15-10-3-1-2-8-9(10)6-12-13(8)17-14(19-12)11-7-18-5-4-16-11/h1-3,11,16H,4-7H2. The van der Waals surface area contributed by atoms with Crippen LogP contribution in [0.25, 0.3) is 11.3 Å². The molecular formula is C14H13BrN2S2. The van der Waals surface area contributed by atoms with Crippen LogP contribution in [0.1, 0.15) is 21.5 Å². The van der Waals surface area contributed by atoms with Crippen molar-refractivity contribution in [2.24, 2.45) is 0 Å². The molecule has 19 heavy (non-hydrogen) atoms. The summed E-state index contributed by atoms with van der Waals surface area (Å²) in [6, 6.07) is 6.87. The minimum atomic E-state index is 0.449. The second-order valence-electron chi connectivity index (χ2n) is 4.85. The fraction of sp³-hybridized carbons (Fsp3) is 0.357. The molecule has 0 amide bonds. The lowest BCUT2D eigenvalue weighted by atomic mass is 10.1. The predicted molar refractivity (Wildman–Crippen MR) is 86.1 cm³/mol. The average Bonchev–Trinajstić information content (AvgIpc) is 2.99. The lowest BCUT2D eigenvalue weighted by Crippen LogP contribution is -2.30. The van der Waals surface area contributed by atoms with Gasteiger partial charge in [-0.25, -0.2) is 4.98 Å². The third kappa shape index (κ3) is 2.07. The molecule has 4 rings (SSSR count). The summed E-state index contributed by atoms with van der Waals surface area (Å²) in [6.07, 6.45) is 1.03. The molecule has 1 saturated heterocycles. The van der Waals surface area contributed by atoms with Crippen LogP contribution in [0.4, 0.5) is 0 Å². The lowest BCUT2D eigenvalue weighted by molar-refractivity contribution is 0.592. The molecular weight excluding hydrogens is 340 g/mol. The second-order valence-corrected chi connectivity index (χ2v) is 7.97. The molecule has 98 valence electrons. The molecule has 0 spiro atoms. The van der Waals surface area contributed by atoms with Crippen molar-refractivity contribution >= 4 is 39.0 Å². The summed E-state index contributed by atoms with van der Waals surface area (Å²) in [5, 5.41) is 4.84. The zero-order valence-corrected chi connectivity index (χ0v) is 13.5. The quantitative estimate of drug-likeness (QED) is 0.719. The fourth-order valence-electron chi connectivity index (χ4n) is 2.69. The number of hydrogen-bond donors (Lipinski definition) is 1. The van der Waals surface area contributed by atoms with Gasteiger partial charge in [-0.05, 0) is 11.6 Å². The highest BCUT2D eigenvalue weighted by Gasteiger charge is 2.27. The summed E-state index contributed by atoms with van der Waals surface area (Å²) >= 11 is 7.56. The van der Waals surface area contributed by atoms with Crippen LogP contribution in [0.3, 0.4) is 0 Å². The Balaban J connectivity index is 1.73. The number of fused-ring (bicyclic) bond motifs is 3. The van der Waals surface area contributed by atoms with Crippen LogP contribution in [-0.2, 0) is 6.42 Å². The molecule has 0 radical (unpaired) electrons. The van der Waals surface area contributed by atoms with E-state index in [0.717, 1.165) is 18.7 Å². The van der Waals surface area contributed by atoms with Crippen LogP contribution in [0.15, 0.2) is 22.7 Å². The smallest absolute Gasteiger partial charge is 0.111 e. The molecule has 2 aliphatic rings. The van der Waals surface area contributed by atoms with Crippen LogP contribution < -0.4 is 5.32 Å². The Kier molecular flexibility index (Phi) is 3.18. The van der Waals surface area contributed by atoms with Crippen molar-refractivity contribution < 1.29 is 0 Å². The zero-order chi connectivity index (χ0) is 12.8. The largest absolute Gasteiger partial charge is 0.306 e. The van der Waals surface area contributed by atoms with Gasteiger partial charge in [-0.15, -0.1) is 11.3 Å². The van der Waals surface area contributed by atoms with Gasteiger partial charge in [0.2, 0.25) is 0 Å². The Bertz CT molecular complexity index is 632. The van der Waals surface area contributed by atoms with E-state index in [1.165, 1.54) is 36.9 Å². The van der Waals surface area contributed by atoms with E-state index in [0.29, 0.717) is 6.04 Å². The minimum absolute atomic E-state index is 0.449. The Morgan fingerprint density at radius 2 is 2.32 bits per heavy atom. The van der Waals surface area contributed by atoms with Crippen LogP contribution in [0.5, 0.6) is 0 Å². The monoisotopic (exact) mass is 352 g/mol. The van der Waals surface area contributed by atoms with E-state index in [1.54, 1.807) is 0 Å². The van der Waals surface area contributed by atoms with Crippen LogP contribution in [0.2, 0.25) is 0 Å². The van der Waals surface area contributed by atoms with Gasteiger partial charge in [0.05, 0.1) is 11.7 Å². The molecule has 1 unspecified atom stereocenters. The van der Waals surface area contributed by atoms with Gasteiger partial charge in [-0.3, -0.25) is 0 Å². The number of nitrogens with one attached hydrogen (secondary N) is 1. The van der Waals surface area contributed by atoms with Crippen molar-refractivity contribution in [3.05, 3.63) is 38.1 Å². The third-order valence-electron chi connectivity index (χ3n) is 3.64. The summed E-state index contributed by atoms with van der Waals surface area (Å²) in [5.41, 5.74) is 3.93. The maximum Gasteiger partial charge on any atom is 0.111 e. The van der Waals surface area contributed by atoms with E-state index in [1.807, 2.05) is 23.1 Å². The molecule has 2 heterocycles. The van der Waals surface area contributed by atoms with Crippen molar-refractivity contribution in [2.75, 3.05) is 18.1 Å². The molecule has 2 nitrogen and oxygen atoms in total. The van der Waals surface area contributed by atoms with E-state index < -0.39 is 0 Å². The molecule has 1 aromatic carbocycles. The molecule has 1 N–H and O–H groups in total. The fourth-order valence-corrected chi connectivity index (χ4v) is 5.41. The summed E-state index contributed by atoms with van der Waals surface area (Å²) in [4.78, 5) is 6.34. The van der Waals surface area contributed by atoms with Gasteiger partial charge >= 0.3 is 0 Å². The van der Waals surface area contributed by atoms with Gasteiger partial charge < -0.3 is 5.32 Å². The number of thioether (sulfide) groups is 1. The number of thiazole rings is 1. The first-order valence-corrected chi connectivity index (χ1v) is 9.18. The molecule has 1 atom stereocenters. The highest BCUT2D eigenvalue weighted by Crippen LogP contribution is 2.43. The Hall–Kier alpha value is -0.360. The number of nitrogens with zero attached hydrogens (tertiary/aromatic N) is 1. The third-order valence-corrected chi connectivity index (χ3v) is 6.62. The van der Waals surface area contributed by atoms with E-state index in [9.17, 15) is 0 Å². The summed E-state index contributed by atoms with van der Waals surface area (Å²) in [7, 11) is 0. The van der Waals surface area contributed by atoms with Gasteiger partial charge in [0.25, 0.3) is 0 Å². The van der Waals surface area contributed by atoms with Crippen LogP contribution in [-0.4, -0.2) is 23.0 Å². The summed E-state index contributed by atoms with van der Waals surface area (Å²) < 4.78 is 1.21. The van der Waals surface area contributed by atoms with Crippen molar-refractivity contribution in [3.63, 3.8) is 0 Å². The number of halogens is 1. The molecule has 5 heteroatoms. The van der Waals surface area contributed by atoms with Gasteiger partial charge in [0.1, 0.15) is 5.01 Å². The predicted octanol–water partition coefficient (Wildman–Crippen LogP) is 3.85. The normalized spacial score (nSPS) is 21.2. The van der Waals surface area contributed by atoms with Crippen molar-refractivity contribution in [2.45, 2.75) is 12.5 Å². The van der Waals surface area contributed by atoms with E-state index >= 15 is 0 Å². The highest BCUT2D eigenvalue weighted by atomic mass is 79.9. The SMILES string of the molecule is Brc1cccc2c1Cc1sc(C3CSCCN3)nc1-2. The molecule has 1 aliphatic carbocycles. The van der Waals surface area contributed by atoms with Gasteiger partial charge in [-0.1, -0.05) is 28.1 Å². The summed E-state index contributed by atoms with van der Waals surface area (Å²) in [5.74, 6) is 2.37. The number of rotatable bonds is 1. The Labute approximate surface area is 129 Å². The van der Waals surface area contributed by atoms with Crippen molar-refractivity contribution in [1.29, 1.82) is 0 Å². The molecule has 2 aromatic rings. The number of aromatic nitrogens is 1. The molecule has 1 fully saturated rings. The zero-order valence-electron chi connectivity index (χ0n) is 10.3. The molecule has 0 saturated carbocycles. The highest BCUT2D eigenvalue weighted by molar-refractivity contribution is 9.10. The molecule has 1 aliphatic heterocycles. The van der Waals surface area contributed by atoms with Crippen molar-refractivity contribution in [3.8, 4) is 11.3 Å². The van der Waals surface area contributed by atoms with Crippen LogP contribution in [0, 0.1) is 0 Å². The summed E-state index contributed by atoms with van der Waals surface area (Å²) in [6.45, 7) is 1.10. The van der Waals surface area contributed by atoms with Gasteiger partial charge in [-0.2, -0.15) is 11.8 Å². The van der Waals surface area contributed by atoms with E-state index in [2.05, 4.69) is 39.4 Å². The van der Waals surface area contributed by atoms with Gasteiger partial charge in [0, 0.05) is 39.4 Å². The lowest BCUT2D eigenvalue weighted by Gasteiger charge is -2.21. The minimum Gasteiger partial charge on any atom is -0.306 e. The maximum absolute atomic E-state index is 4.92. The van der Waals surface area contributed by atoms with Crippen LogP contribution >= 0.6 is 39.0 Å². The number of hydrogen-bond acceptors (Lipinski definition) is 4. The molecule has 0 bridgehead atoms. The first kappa shape index (κ1) is 12.4.